The lowest BCUT2D eigenvalue weighted by atomic mass is 10.2. The largest absolute Gasteiger partial charge is 0.378 e. The molecule has 1 fully saturated rings. The third-order valence-corrected chi connectivity index (χ3v) is 3.15. The number of hydrogen-bond acceptors (Lipinski definition) is 4. The van der Waals surface area contributed by atoms with Gasteiger partial charge in [0.2, 0.25) is 0 Å². The molecular formula is C10H16N4O. The Kier molecular flexibility index (Phi) is 2.21. The first-order chi connectivity index (χ1) is 7.34. The van der Waals surface area contributed by atoms with Crippen LogP contribution in [-0.4, -0.2) is 34.0 Å². The van der Waals surface area contributed by atoms with Crippen LogP contribution in [0, 0.1) is 0 Å². The lowest BCUT2D eigenvalue weighted by Crippen LogP contribution is -2.47. The fraction of sp³-hybridized carbons (Fsp3) is 0.800. The van der Waals surface area contributed by atoms with E-state index < -0.39 is 0 Å². The molecule has 0 aromatic carbocycles. The first-order valence-electron chi connectivity index (χ1n) is 5.60. The molecule has 5 heteroatoms. The summed E-state index contributed by atoms with van der Waals surface area (Å²) in [5, 5.41) is 12.0. The monoisotopic (exact) mass is 208 g/mol. The second-order valence-electron chi connectivity index (χ2n) is 4.35. The van der Waals surface area contributed by atoms with E-state index in [0.29, 0.717) is 6.04 Å². The maximum absolute atomic E-state index is 5.14. The Morgan fingerprint density at radius 3 is 3.07 bits per heavy atom. The van der Waals surface area contributed by atoms with Crippen LogP contribution in [0.2, 0.25) is 0 Å². The van der Waals surface area contributed by atoms with Crippen molar-refractivity contribution >= 4 is 0 Å². The molecule has 3 heterocycles. The van der Waals surface area contributed by atoms with Gasteiger partial charge in [-0.2, -0.15) is 0 Å². The number of ether oxygens (including phenoxy) is 1. The van der Waals surface area contributed by atoms with Gasteiger partial charge in [0.15, 0.2) is 0 Å². The Bertz CT molecular complexity index is 358. The topological polar surface area (TPSA) is 52.0 Å². The molecule has 82 valence electrons. The smallest absolute Gasteiger partial charge is 0.149 e. The summed E-state index contributed by atoms with van der Waals surface area (Å²) < 4.78 is 7.39. The zero-order valence-corrected chi connectivity index (χ0v) is 8.94. The number of nitrogens with zero attached hydrogens (tertiary/aromatic N) is 3. The number of rotatable bonds is 3. The van der Waals surface area contributed by atoms with Crippen molar-refractivity contribution < 1.29 is 4.74 Å². The van der Waals surface area contributed by atoms with E-state index in [4.69, 9.17) is 4.74 Å². The number of nitrogens with one attached hydrogen (secondary N) is 1. The van der Waals surface area contributed by atoms with Crippen LogP contribution >= 0.6 is 0 Å². The summed E-state index contributed by atoms with van der Waals surface area (Å²) in [4.78, 5) is 0. The minimum atomic E-state index is 0.276. The molecular weight excluding hydrogens is 192 g/mol. The first kappa shape index (κ1) is 9.30. The highest BCUT2D eigenvalue weighted by molar-refractivity contribution is 5.04. The molecule has 0 spiro atoms. The molecule has 0 amide bonds. The van der Waals surface area contributed by atoms with Crippen LogP contribution in [0.3, 0.4) is 0 Å². The molecule has 5 nitrogen and oxygen atoms in total. The number of aryl methyl sites for hydroxylation is 1. The van der Waals surface area contributed by atoms with Crippen LogP contribution in [0.5, 0.6) is 0 Å². The maximum Gasteiger partial charge on any atom is 0.149 e. The van der Waals surface area contributed by atoms with Crippen molar-refractivity contribution in [3.05, 3.63) is 11.6 Å². The zero-order valence-electron chi connectivity index (χ0n) is 8.94. The average Bonchev–Trinajstić information content (AvgIpc) is 2.71. The van der Waals surface area contributed by atoms with Crippen LogP contribution in [0.1, 0.15) is 31.0 Å². The van der Waals surface area contributed by atoms with Crippen molar-refractivity contribution in [2.75, 3.05) is 13.2 Å². The van der Waals surface area contributed by atoms with E-state index in [9.17, 15) is 0 Å². The summed E-state index contributed by atoms with van der Waals surface area (Å²) in [7, 11) is 0. The van der Waals surface area contributed by atoms with Crippen molar-refractivity contribution in [2.24, 2.45) is 0 Å². The highest BCUT2D eigenvalue weighted by atomic mass is 16.5. The van der Waals surface area contributed by atoms with Crippen LogP contribution in [0.4, 0.5) is 0 Å². The zero-order chi connectivity index (χ0) is 10.3. The molecule has 0 bridgehead atoms. The predicted octanol–water partition coefficient (Wildman–Crippen LogP) is 0.274. The fourth-order valence-corrected chi connectivity index (χ4v) is 2.25. The van der Waals surface area contributed by atoms with Crippen molar-refractivity contribution in [2.45, 2.75) is 38.4 Å². The predicted molar refractivity (Wildman–Crippen MR) is 54.5 cm³/mol. The first-order valence-corrected chi connectivity index (χ1v) is 5.60. The van der Waals surface area contributed by atoms with Gasteiger partial charge in [0, 0.05) is 13.0 Å². The third kappa shape index (κ3) is 1.55. The number of hydrogen-bond donors (Lipinski definition) is 1. The van der Waals surface area contributed by atoms with Gasteiger partial charge in [-0.05, 0) is 13.3 Å². The molecule has 2 aliphatic heterocycles. The van der Waals surface area contributed by atoms with Crippen molar-refractivity contribution in [3.8, 4) is 0 Å². The van der Waals surface area contributed by atoms with E-state index in [1.807, 2.05) is 0 Å². The molecule has 1 aromatic heterocycles. The second-order valence-corrected chi connectivity index (χ2v) is 4.35. The summed E-state index contributed by atoms with van der Waals surface area (Å²) in [6, 6.07) is 0.771. The molecule has 0 radical (unpaired) electrons. The summed E-state index contributed by atoms with van der Waals surface area (Å²) in [5.74, 6) is 2.22. The van der Waals surface area contributed by atoms with Crippen LogP contribution in [-0.2, 0) is 17.7 Å². The van der Waals surface area contributed by atoms with Crippen molar-refractivity contribution in [1.29, 1.82) is 0 Å². The van der Waals surface area contributed by atoms with Crippen molar-refractivity contribution in [3.63, 3.8) is 0 Å². The maximum atomic E-state index is 5.14. The Morgan fingerprint density at radius 2 is 2.33 bits per heavy atom. The van der Waals surface area contributed by atoms with E-state index in [2.05, 4.69) is 27.0 Å². The van der Waals surface area contributed by atoms with Gasteiger partial charge in [0.1, 0.15) is 11.6 Å². The lowest BCUT2D eigenvalue weighted by Gasteiger charge is -2.29. The van der Waals surface area contributed by atoms with Crippen LogP contribution in [0.15, 0.2) is 0 Å². The molecule has 2 aliphatic rings. The summed E-state index contributed by atoms with van der Waals surface area (Å²) in [6.45, 7) is 4.87. The van der Waals surface area contributed by atoms with Gasteiger partial charge >= 0.3 is 0 Å². The van der Waals surface area contributed by atoms with Gasteiger partial charge < -0.3 is 14.6 Å². The minimum Gasteiger partial charge on any atom is -0.378 e. The highest BCUT2D eigenvalue weighted by Crippen LogP contribution is 2.19. The molecule has 15 heavy (non-hydrogen) atoms. The Labute approximate surface area is 88.8 Å². The van der Waals surface area contributed by atoms with Crippen LogP contribution in [0.25, 0.3) is 0 Å². The van der Waals surface area contributed by atoms with Gasteiger partial charge in [0.05, 0.1) is 25.3 Å². The van der Waals surface area contributed by atoms with E-state index >= 15 is 0 Å². The van der Waals surface area contributed by atoms with E-state index in [1.54, 1.807) is 0 Å². The molecule has 0 saturated carbocycles. The van der Waals surface area contributed by atoms with Gasteiger partial charge in [-0.3, -0.25) is 0 Å². The van der Waals surface area contributed by atoms with Gasteiger partial charge in [-0.25, -0.2) is 0 Å². The Morgan fingerprint density at radius 1 is 1.47 bits per heavy atom. The van der Waals surface area contributed by atoms with Crippen LogP contribution < -0.4 is 5.32 Å². The highest BCUT2D eigenvalue weighted by Gasteiger charge is 2.25. The standard InChI is InChI=1S/C10H16N4O/c1-7(11-8-5-15-6-8)10-13-12-9-3-2-4-14(9)10/h7-8,11H,2-6H2,1H3. The normalized spacial score (nSPS) is 22.5. The minimum absolute atomic E-state index is 0.276. The molecule has 1 aromatic rings. The van der Waals surface area contributed by atoms with E-state index in [1.165, 1.54) is 6.42 Å². The second kappa shape index (κ2) is 3.57. The Hall–Kier alpha value is -0.940. The van der Waals surface area contributed by atoms with Gasteiger partial charge in [0.25, 0.3) is 0 Å². The quantitative estimate of drug-likeness (QED) is 0.775. The van der Waals surface area contributed by atoms with Gasteiger partial charge in [-0.15, -0.1) is 10.2 Å². The number of fused-ring (bicyclic) bond motifs is 1. The molecule has 1 unspecified atom stereocenters. The lowest BCUT2D eigenvalue weighted by molar-refractivity contribution is -0.00979. The van der Waals surface area contributed by atoms with E-state index in [0.717, 1.165) is 37.8 Å². The summed E-state index contributed by atoms with van der Waals surface area (Å²) >= 11 is 0. The molecule has 0 aliphatic carbocycles. The molecule has 1 N–H and O–H groups in total. The SMILES string of the molecule is CC(NC1COC1)c1nnc2n1CCC2. The summed E-state index contributed by atoms with van der Waals surface area (Å²) in [6.07, 6.45) is 2.28. The van der Waals surface area contributed by atoms with Gasteiger partial charge in [-0.1, -0.05) is 0 Å². The Balaban J connectivity index is 1.73. The van der Waals surface area contributed by atoms with Crippen molar-refractivity contribution in [1.82, 2.24) is 20.1 Å². The fourth-order valence-electron chi connectivity index (χ4n) is 2.25. The van der Waals surface area contributed by atoms with E-state index in [-0.39, 0.29) is 6.04 Å². The third-order valence-electron chi connectivity index (χ3n) is 3.15. The molecule has 3 rings (SSSR count). The average molecular weight is 208 g/mol. The molecule has 1 atom stereocenters. The molecule has 1 saturated heterocycles. The summed E-state index contributed by atoms with van der Waals surface area (Å²) in [5.41, 5.74) is 0. The number of aromatic nitrogens is 3.